The van der Waals surface area contributed by atoms with Crippen LogP contribution in [0.1, 0.15) is 78.6 Å². The summed E-state index contributed by atoms with van der Waals surface area (Å²) in [6.45, 7) is 7.41. The van der Waals surface area contributed by atoms with E-state index in [4.69, 9.17) is 9.47 Å². The van der Waals surface area contributed by atoms with Crippen LogP contribution in [0, 0.1) is 22.2 Å². The van der Waals surface area contributed by atoms with Crippen LogP contribution in [0.5, 0.6) is 0 Å². The number of hydrogen-bond acceptors (Lipinski definition) is 2. The van der Waals surface area contributed by atoms with Crippen LogP contribution in [0.2, 0.25) is 0 Å². The molecule has 0 radical (unpaired) electrons. The van der Waals surface area contributed by atoms with Crippen molar-refractivity contribution in [3.63, 3.8) is 0 Å². The highest BCUT2D eigenvalue weighted by Crippen LogP contribution is 2.74. The Morgan fingerprint density at radius 1 is 0.810 bits per heavy atom. The fourth-order valence-corrected chi connectivity index (χ4v) is 7.17. The molecule has 2 unspecified atom stereocenters. The smallest absolute Gasteiger partial charge is 0.175 e. The molecule has 4 saturated carbocycles. The summed E-state index contributed by atoms with van der Waals surface area (Å²) in [7, 11) is 0. The number of hydrogen-bond donors (Lipinski definition) is 0. The molecule has 0 aromatic heterocycles. The van der Waals surface area contributed by atoms with E-state index in [2.05, 4.69) is 20.8 Å². The Morgan fingerprint density at radius 2 is 1.43 bits per heavy atom. The molecule has 1 aliphatic heterocycles. The van der Waals surface area contributed by atoms with Gasteiger partial charge in [-0.15, -0.1) is 0 Å². The second kappa shape index (κ2) is 3.70. The minimum Gasteiger partial charge on any atom is -0.345 e. The average Bonchev–Trinajstić information content (AvgIpc) is 3.11. The monoisotopic (exact) mass is 290 g/mol. The molecule has 0 amide bonds. The van der Waals surface area contributed by atoms with E-state index in [1.54, 1.807) is 0 Å². The molecule has 5 aliphatic rings. The zero-order valence-electron chi connectivity index (χ0n) is 13.9. The predicted octanol–water partition coefficient (Wildman–Crippen LogP) is 4.67. The van der Waals surface area contributed by atoms with Crippen LogP contribution < -0.4 is 0 Å². The Morgan fingerprint density at radius 3 is 1.90 bits per heavy atom. The lowest BCUT2D eigenvalue weighted by Gasteiger charge is -2.57. The minimum absolute atomic E-state index is 0.210. The fourth-order valence-electron chi connectivity index (χ4n) is 7.17. The molecule has 5 rings (SSSR count). The van der Waals surface area contributed by atoms with Gasteiger partial charge in [-0.05, 0) is 49.9 Å². The van der Waals surface area contributed by atoms with Crippen molar-refractivity contribution in [1.82, 2.24) is 0 Å². The zero-order valence-corrected chi connectivity index (χ0v) is 13.9. The molecule has 0 N–H and O–H groups in total. The summed E-state index contributed by atoms with van der Waals surface area (Å²) in [4.78, 5) is 0. The molecule has 118 valence electrons. The summed E-state index contributed by atoms with van der Waals surface area (Å²) in [5.41, 5.74) is 0.972. The van der Waals surface area contributed by atoms with Gasteiger partial charge in [-0.2, -0.15) is 0 Å². The first kappa shape index (κ1) is 13.4. The van der Waals surface area contributed by atoms with Crippen LogP contribution in [0.3, 0.4) is 0 Å². The first-order valence-electron chi connectivity index (χ1n) is 9.29. The van der Waals surface area contributed by atoms with Crippen LogP contribution in [-0.2, 0) is 9.47 Å². The minimum atomic E-state index is -0.257. The maximum Gasteiger partial charge on any atom is 0.175 e. The summed E-state index contributed by atoms with van der Waals surface area (Å²) in [5.74, 6) is 0.533. The maximum absolute atomic E-state index is 6.91. The second-order valence-corrected chi connectivity index (χ2v) is 9.48. The van der Waals surface area contributed by atoms with Gasteiger partial charge < -0.3 is 9.47 Å². The van der Waals surface area contributed by atoms with E-state index in [0.717, 1.165) is 12.3 Å². The first-order chi connectivity index (χ1) is 9.94. The van der Waals surface area contributed by atoms with Gasteiger partial charge >= 0.3 is 0 Å². The van der Waals surface area contributed by atoms with Gasteiger partial charge in [0.1, 0.15) is 0 Å². The maximum atomic E-state index is 6.91. The quantitative estimate of drug-likeness (QED) is 0.645. The molecular weight excluding hydrogens is 260 g/mol. The lowest BCUT2D eigenvalue weighted by Crippen LogP contribution is -2.62. The third-order valence-electron chi connectivity index (χ3n) is 8.96. The van der Waals surface area contributed by atoms with Crippen LogP contribution >= 0.6 is 0 Å². The molecule has 5 fully saturated rings. The molecule has 1 saturated heterocycles. The third-order valence-corrected chi connectivity index (χ3v) is 8.96. The van der Waals surface area contributed by atoms with E-state index in [-0.39, 0.29) is 11.2 Å². The van der Waals surface area contributed by atoms with Crippen molar-refractivity contribution in [2.45, 2.75) is 96.6 Å². The zero-order chi connectivity index (χ0) is 14.5. The number of fused-ring (bicyclic) bond motifs is 3. The lowest BCUT2D eigenvalue weighted by atomic mass is 9.67. The Bertz CT molecular complexity index is 460. The SMILES string of the molecule is CC1(C)C2CCC1(C)C1(C2)O[C@@H]2CCCC23CCC[C@H]3O1. The van der Waals surface area contributed by atoms with E-state index < -0.39 is 0 Å². The van der Waals surface area contributed by atoms with Gasteiger partial charge in [-0.25, -0.2) is 0 Å². The van der Waals surface area contributed by atoms with Gasteiger partial charge in [0.2, 0.25) is 0 Å². The molecule has 1 heterocycles. The Balaban J connectivity index is 1.58. The van der Waals surface area contributed by atoms with Gasteiger partial charge in [-0.3, -0.25) is 0 Å². The van der Waals surface area contributed by atoms with Crippen molar-refractivity contribution < 1.29 is 9.47 Å². The molecule has 2 nitrogen and oxygen atoms in total. The van der Waals surface area contributed by atoms with Gasteiger partial charge in [0.25, 0.3) is 0 Å². The van der Waals surface area contributed by atoms with Crippen LogP contribution in [0.4, 0.5) is 0 Å². The van der Waals surface area contributed by atoms with Crippen molar-refractivity contribution in [2.24, 2.45) is 22.2 Å². The number of rotatable bonds is 0. The van der Waals surface area contributed by atoms with Crippen molar-refractivity contribution in [3.05, 3.63) is 0 Å². The normalized spacial score (nSPS) is 60.4. The van der Waals surface area contributed by atoms with Crippen LogP contribution in [0.25, 0.3) is 0 Å². The van der Waals surface area contributed by atoms with Crippen molar-refractivity contribution in [1.29, 1.82) is 0 Å². The standard InChI is InChI=1S/C19H30O2/c1-16(2)13-8-11-17(16,3)19(12-13)20-14-6-4-9-18(14)10-5-7-15(18)21-19/h13-15H,4-12H2,1-3H3/t13?,14-,15-,17?,18?/m1/s1. The molecule has 0 aromatic carbocycles. The predicted molar refractivity (Wildman–Crippen MR) is 81.8 cm³/mol. The summed E-state index contributed by atoms with van der Waals surface area (Å²) >= 11 is 0. The van der Waals surface area contributed by atoms with Crippen LogP contribution in [-0.4, -0.2) is 18.0 Å². The van der Waals surface area contributed by atoms with E-state index >= 15 is 0 Å². The highest BCUT2D eigenvalue weighted by atomic mass is 16.7. The molecule has 2 spiro atoms. The van der Waals surface area contributed by atoms with E-state index in [1.807, 2.05) is 0 Å². The summed E-state index contributed by atoms with van der Waals surface area (Å²) in [6, 6.07) is 0. The van der Waals surface area contributed by atoms with E-state index in [1.165, 1.54) is 51.4 Å². The first-order valence-corrected chi connectivity index (χ1v) is 9.29. The molecule has 4 aliphatic carbocycles. The highest BCUT2D eigenvalue weighted by Gasteiger charge is 2.75. The van der Waals surface area contributed by atoms with Crippen molar-refractivity contribution in [2.75, 3.05) is 0 Å². The number of ether oxygens (including phenoxy) is 2. The Labute approximate surface area is 129 Å². The Hall–Kier alpha value is -0.0800. The molecular formula is C19H30O2. The topological polar surface area (TPSA) is 18.5 Å². The Kier molecular flexibility index (Phi) is 2.35. The molecule has 21 heavy (non-hydrogen) atoms. The van der Waals surface area contributed by atoms with Gasteiger partial charge in [0.05, 0.1) is 12.2 Å². The molecule has 0 aromatic rings. The third kappa shape index (κ3) is 1.27. The largest absolute Gasteiger partial charge is 0.345 e. The van der Waals surface area contributed by atoms with E-state index in [9.17, 15) is 0 Å². The average molecular weight is 290 g/mol. The van der Waals surface area contributed by atoms with Crippen molar-refractivity contribution >= 4 is 0 Å². The summed E-state index contributed by atoms with van der Waals surface area (Å²) in [5, 5.41) is 0. The van der Waals surface area contributed by atoms with Crippen molar-refractivity contribution in [3.8, 4) is 0 Å². The van der Waals surface area contributed by atoms with Gasteiger partial charge in [0, 0.05) is 17.3 Å². The van der Waals surface area contributed by atoms with Gasteiger partial charge in [-0.1, -0.05) is 33.6 Å². The molecule has 2 heteroatoms. The molecule has 4 atom stereocenters. The molecule has 2 bridgehead atoms. The highest BCUT2D eigenvalue weighted by molar-refractivity contribution is 5.19. The summed E-state index contributed by atoms with van der Waals surface area (Å²) < 4.78 is 13.8. The van der Waals surface area contributed by atoms with Gasteiger partial charge in [0.15, 0.2) is 5.79 Å². The second-order valence-electron chi connectivity index (χ2n) is 9.48. The summed E-state index contributed by atoms with van der Waals surface area (Å²) in [6.07, 6.45) is 12.8. The van der Waals surface area contributed by atoms with E-state index in [0.29, 0.717) is 23.0 Å². The van der Waals surface area contributed by atoms with Crippen LogP contribution in [0.15, 0.2) is 0 Å². The lowest BCUT2D eigenvalue weighted by molar-refractivity contribution is -0.390. The fraction of sp³-hybridized carbons (Fsp3) is 1.00.